The summed E-state index contributed by atoms with van der Waals surface area (Å²) in [7, 11) is 0. The summed E-state index contributed by atoms with van der Waals surface area (Å²) >= 11 is 0. The number of hydrogen-bond donors (Lipinski definition) is 3. The molecule has 0 aliphatic carbocycles. The van der Waals surface area contributed by atoms with Crippen LogP contribution in [0.15, 0.2) is 54.7 Å². The van der Waals surface area contributed by atoms with Crippen molar-refractivity contribution in [1.82, 2.24) is 15.0 Å². The monoisotopic (exact) mass is 406 g/mol. The van der Waals surface area contributed by atoms with Crippen LogP contribution in [-0.4, -0.2) is 58.9 Å². The summed E-state index contributed by atoms with van der Waals surface area (Å²) in [5.41, 5.74) is 3.27. The molecule has 4 rings (SSSR count). The molecule has 3 aromatic rings. The molecule has 1 aromatic carbocycles. The van der Waals surface area contributed by atoms with Gasteiger partial charge < -0.3 is 25.4 Å². The summed E-state index contributed by atoms with van der Waals surface area (Å²) in [6.45, 7) is 2.96. The highest BCUT2D eigenvalue weighted by molar-refractivity contribution is 5.73. The number of ether oxygens (including phenoxy) is 1. The molecule has 0 atom stereocenters. The maximum absolute atomic E-state index is 10.9. The lowest BCUT2D eigenvalue weighted by Gasteiger charge is -2.28. The Balaban J connectivity index is 1.56. The number of benzene rings is 1. The van der Waals surface area contributed by atoms with Crippen LogP contribution in [0.2, 0.25) is 0 Å². The number of pyridine rings is 1. The van der Waals surface area contributed by atoms with Gasteiger partial charge in [0.15, 0.2) is 0 Å². The molecule has 3 heterocycles. The van der Waals surface area contributed by atoms with E-state index in [9.17, 15) is 4.79 Å². The van der Waals surface area contributed by atoms with Crippen LogP contribution in [0.25, 0.3) is 11.4 Å². The molecule has 1 aliphatic heterocycles. The molecular formula is C21H22N6O3. The first kappa shape index (κ1) is 19.6. The highest BCUT2D eigenvalue weighted by Crippen LogP contribution is 2.24. The first-order chi connectivity index (χ1) is 14.7. The van der Waals surface area contributed by atoms with Crippen LogP contribution in [-0.2, 0) is 9.53 Å². The fourth-order valence-electron chi connectivity index (χ4n) is 3.12. The van der Waals surface area contributed by atoms with Crippen LogP contribution in [0.1, 0.15) is 0 Å². The van der Waals surface area contributed by atoms with Crippen molar-refractivity contribution in [3.63, 3.8) is 0 Å². The Morgan fingerprint density at radius 2 is 1.87 bits per heavy atom. The first-order valence-corrected chi connectivity index (χ1v) is 9.63. The number of nitrogens with one attached hydrogen (secondary N) is 2. The Kier molecular flexibility index (Phi) is 6.00. The van der Waals surface area contributed by atoms with E-state index in [1.165, 1.54) is 0 Å². The SMILES string of the molecule is O=C(O)CNc1nc(Nc2ccc(N3CCOCC3)cc2)cc(-c2ccccn2)n1. The Morgan fingerprint density at radius 1 is 1.07 bits per heavy atom. The summed E-state index contributed by atoms with van der Waals surface area (Å²) in [5.74, 6) is -0.235. The number of carbonyl (C=O) groups is 1. The fraction of sp³-hybridized carbons (Fsp3) is 0.238. The van der Waals surface area contributed by atoms with Crippen LogP contribution in [0.5, 0.6) is 0 Å². The summed E-state index contributed by atoms with van der Waals surface area (Å²) in [6, 6.07) is 15.4. The number of aliphatic carboxylic acids is 1. The summed E-state index contributed by atoms with van der Waals surface area (Å²) in [6.07, 6.45) is 1.68. The third-order valence-electron chi connectivity index (χ3n) is 4.57. The molecule has 1 saturated heterocycles. The van der Waals surface area contributed by atoms with Gasteiger partial charge in [0, 0.05) is 36.7 Å². The minimum atomic E-state index is -0.991. The number of anilines is 4. The minimum absolute atomic E-state index is 0.216. The Labute approximate surface area is 173 Å². The number of morpholine rings is 1. The molecule has 9 nitrogen and oxygen atoms in total. The molecule has 2 aromatic heterocycles. The standard InChI is InChI=1S/C21H22N6O3/c28-20(29)14-23-21-25-18(17-3-1-2-8-22-17)13-19(26-21)24-15-4-6-16(7-5-15)27-9-11-30-12-10-27/h1-8,13H,9-12,14H2,(H,28,29)(H2,23,24,25,26). The lowest BCUT2D eigenvalue weighted by atomic mass is 10.2. The van der Waals surface area contributed by atoms with Gasteiger partial charge in [0.1, 0.15) is 12.4 Å². The topological polar surface area (TPSA) is 112 Å². The van der Waals surface area contributed by atoms with Crippen LogP contribution in [0.3, 0.4) is 0 Å². The van der Waals surface area contributed by atoms with E-state index in [1.807, 2.05) is 30.3 Å². The average molecular weight is 406 g/mol. The Bertz CT molecular complexity index is 991. The predicted molar refractivity (Wildman–Crippen MR) is 114 cm³/mol. The Hall–Kier alpha value is -3.72. The van der Waals surface area contributed by atoms with Gasteiger partial charge in [-0.05, 0) is 36.4 Å². The van der Waals surface area contributed by atoms with E-state index in [-0.39, 0.29) is 12.5 Å². The van der Waals surface area contributed by atoms with Crippen molar-refractivity contribution in [3.05, 3.63) is 54.7 Å². The van der Waals surface area contributed by atoms with Gasteiger partial charge in [-0.3, -0.25) is 9.78 Å². The second-order valence-corrected chi connectivity index (χ2v) is 6.70. The number of carboxylic acids is 1. The zero-order valence-corrected chi connectivity index (χ0v) is 16.3. The first-order valence-electron chi connectivity index (χ1n) is 9.63. The maximum Gasteiger partial charge on any atom is 0.322 e. The molecule has 0 saturated carbocycles. The number of aromatic nitrogens is 3. The van der Waals surface area contributed by atoms with Crippen molar-refractivity contribution in [2.45, 2.75) is 0 Å². The molecule has 9 heteroatoms. The van der Waals surface area contributed by atoms with Gasteiger partial charge in [-0.1, -0.05) is 6.07 Å². The predicted octanol–water partition coefficient (Wildman–Crippen LogP) is 2.62. The molecule has 3 N–H and O–H groups in total. The number of rotatable bonds is 7. The van der Waals surface area contributed by atoms with Gasteiger partial charge in [-0.25, -0.2) is 4.98 Å². The number of hydrogen-bond acceptors (Lipinski definition) is 8. The van der Waals surface area contributed by atoms with E-state index < -0.39 is 5.97 Å². The van der Waals surface area contributed by atoms with Crippen molar-refractivity contribution >= 4 is 29.1 Å². The molecule has 1 fully saturated rings. The lowest BCUT2D eigenvalue weighted by molar-refractivity contribution is -0.134. The number of nitrogens with zero attached hydrogens (tertiary/aromatic N) is 4. The van der Waals surface area contributed by atoms with Crippen molar-refractivity contribution < 1.29 is 14.6 Å². The highest BCUT2D eigenvalue weighted by Gasteiger charge is 2.12. The normalized spacial score (nSPS) is 13.7. The van der Waals surface area contributed by atoms with E-state index in [0.717, 1.165) is 37.7 Å². The smallest absolute Gasteiger partial charge is 0.322 e. The van der Waals surface area contributed by atoms with Gasteiger partial charge >= 0.3 is 5.97 Å². The molecule has 0 unspecified atom stereocenters. The zero-order chi connectivity index (χ0) is 20.8. The average Bonchev–Trinajstić information content (AvgIpc) is 2.79. The summed E-state index contributed by atoms with van der Waals surface area (Å²) < 4.78 is 5.40. The highest BCUT2D eigenvalue weighted by atomic mass is 16.5. The maximum atomic E-state index is 10.9. The van der Waals surface area contributed by atoms with Crippen molar-refractivity contribution in [1.29, 1.82) is 0 Å². The van der Waals surface area contributed by atoms with Gasteiger partial charge in [0.2, 0.25) is 5.95 Å². The Morgan fingerprint density at radius 3 is 2.57 bits per heavy atom. The van der Waals surface area contributed by atoms with Gasteiger partial charge in [-0.2, -0.15) is 4.98 Å². The van der Waals surface area contributed by atoms with Crippen molar-refractivity contribution in [3.8, 4) is 11.4 Å². The third-order valence-corrected chi connectivity index (χ3v) is 4.57. The van der Waals surface area contributed by atoms with E-state index in [0.29, 0.717) is 17.2 Å². The van der Waals surface area contributed by atoms with Crippen molar-refractivity contribution in [2.24, 2.45) is 0 Å². The fourth-order valence-corrected chi connectivity index (χ4v) is 3.12. The second kappa shape index (κ2) is 9.19. The summed E-state index contributed by atoms with van der Waals surface area (Å²) in [5, 5.41) is 14.9. The molecule has 1 aliphatic rings. The van der Waals surface area contributed by atoms with Crippen LogP contribution >= 0.6 is 0 Å². The molecule has 30 heavy (non-hydrogen) atoms. The molecule has 154 valence electrons. The number of carboxylic acid groups (broad SMARTS) is 1. The van der Waals surface area contributed by atoms with Crippen LogP contribution in [0.4, 0.5) is 23.1 Å². The molecular weight excluding hydrogens is 384 g/mol. The van der Waals surface area contributed by atoms with E-state index in [4.69, 9.17) is 9.84 Å². The van der Waals surface area contributed by atoms with Gasteiger partial charge in [-0.15, -0.1) is 0 Å². The molecule has 0 amide bonds. The van der Waals surface area contributed by atoms with E-state index in [2.05, 4.69) is 42.6 Å². The van der Waals surface area contributed by atoms with Crippen molar-refractivity contribution in [2.75, 3.05) is 48.4 Å². The minimum Gasteiger partial charge on any atom is -0.480 e. The van der Waals surface area contributed by atoms with Gasteiger partial charge in [0.25, 0.3) is 0 Å². The van der Waals surface area contributed by atoms with Gasteiger partial charge in [0.05, 0.1) is 24.6 Å². The quantitative estimate of drug-likeness (QED) is 0.545. The molecule has 0 bridgehead atoms. The third kappa shape index (κ3) is 5.00. The van der Waals surface area contributed by atoms with Crippen LogP contribution in [0, 0.1) is 0 Å². The largest absolute Gasteiger partial charge is 0.480 e. The molecule has 0 spiro atoms. The lowest BCUT2D eigenvalue weighted by Crippen LogP contribution is -2.36. The van der Waals surface area contributed by atoms with E-state index in [1.54, 1.807) is 12.3 Å². The second-order valence-electron chi connectivity index (χ2n) is 6.70. The summed E-state index contributed by atoms with van der Waals surface area (Å²) in [4.78, 5) is 26.3. The van der Waals surface area contributed by atoms with Crippen LogP contribution < -0.4 is 15.5 Å². The zero-order valence-electron chi connectivity index (χ0n) is 16.3. The molecule has 0 radical (unpaired) electrons. The van der Waals surface area contributed by atoms with E-state index >= 15 is 0 Å².